The highest BCUT2D eigenvalue weighted by Gasteiger charge is 2.14. The fourth-order valence-electron chi connectivity index (χ4n) is 3.70. The number of rotatable bonds is 16. The minimum Gasteiger partial charge on any atom is -0.494 e. The van der Waals surface area contributed by atoms with Crippen LogP contribution in [-0.2, 0) is 14.3 Å². The van der Waals surface area contributed by atoms with Crippen LogP contribution in [0, 0.1) is 0 Å². The van der Waals surface area contributed by atoms with Crippen LogP contribution in [0.5, 0.6) is 5.75 Å². The fourth-order valence-corrected chi connectivity index (χ4v) is 3.70. The topological polar surface area (TPSA) is 64.6 Å². The van der Waals surface area contributed by atoms with Gasteiger partial charge in [0.1, 0.15) is 5.75 Å². The summed E-state index contributed by atoms with van der Waals surface area (Å²) >= 11 is 0. The van der Waals surface area contributed by atoms with Crippen molar-refractivity contribution in [2.45, 2.75) is 78.1 Å². The number of hydrogen-bond acceptors (Lipinski definition) is 4. The molecule has 0 radical (unpaired) electrons. The number of benzene rings is 2. The predicted octanol–water partition coefficient (Wildman–Crippen LogP) is 7.66. The van der Waals surface area contributed by atoms with Gasteiger partial charge in [-0.25, -0.2) is 4.79 Å². The molecule has 0 bridgehead atoms. The highest BCUT2D eigenvalue weighted by molar-refractivity contribution is 6.37. The Hall–Kier alpha value is -3.08. The first kappa shape index (κ1) is 28.2. The van der Waals surface area contributed by atoms with E-state index in [0.717, 1.165) is 29.9 Å². The van der Waals surface area contributed by atoms with Gasteiger partial charge in [-0.15, -0.1) is 0 Å². The van der Waals surface area contributed by atoms with Gasteiger partial charge in [-0.05, 0) is 48.7 Å². The smallest absolute Gasteiger partial charge is 0.397 e. The SMILES string of the molecule is CCCCCCCCCCCCOc1ccc(/C=C/c2ccc(NC(=O)C(=O)OCC)cc2)cc1. The van der Waals surface area contributed by atoms with E-state index in [1.54, 1.807) is 19.1 Å². The molecule has 0 aliphatic carbocycles. The monoisotopic (exact) mass is 479 g/mol. The maximum absolute atomic E-state index is 11.7. The van der Waals surface area contributed by atoms with E-state index in [2.05, 4.69) is 17.0 Å². The van der Waals surface area contributed by atoms with Crippen LogP contribution in [-0.4, -0.2) is 25.1 Å². The average molecular weight is 480 g/mol. The highest BCUT2D eigenvalue weighted by Crippen LogP contribution is 2.17. The maximum atomic E-state index is 11.7. The first-order valence-corrected chi connectivity index (χ1v) is 13.1. The van der Waals surface area contributed by atoms with Crippen LogP contribution in [0.25, 0.3) is 12.2 Å². The van der Waals surface area contributed by atoms with Crippen LogP contribution < -0.4 is 10.1 Å². The van der Waals surface area contributed by atoms with Crippen LogP contribution in [0.1, 0.15) is 89.2 Å². The molecule has 2 aromatic carbocycles. The lowest BCUT2D eigenvalue weighted by Crippen LogP contribution is -2.24. The van der Waals surface area contributed by atoms with Crippen molar-refractivity contribution in [2.75, 3.05) is 18.5 Å². The Bertz CT molecular complexity index is 888. The fraction of sp³-hybridized carbons (Fsp3) is 0.467. The van der Waals surface area contributed by atoms with Crippen molar-refractivity contribution in [2.24, 2.45) is 0 Å². The molecule has 0 heterocycles. The molecule has 0 saturated carbocycles. The van der Waals surface area contributed by atoms with Gasteiger partial charge >= 0.3 is 11.9 Å². The zero-order chi connectivity index (χ0) is 25.1. The molecule has 0 aromatic heterocycles. The number of nitrogens with one attached hydrogen (secondary N) is 1. The highest BCUT2D eigenvalue weighted by atomic mass is 16.5. The van der Waals surface area contributed by atoms with E-state index in [0.29, 0.717) is 5.69 Å². The molecule has 0 aliphatic rings. The zero-order valence-corrected chi connectivity index (χ0v) is 21.4. The number of ether oxygens (including phenoxy) is 2. The van der Waals surface area contributed by atoms with E-state index in [4.69, 9.17) is 4.74 Å². The summed E-state index contributed by atoms with van der Waals surface area (Å²) in [5.74, 6) is -0.752. The van der Waals surface area contributed by atoms with Gasteiger partial charge in [0, 0.05) is 5.69 Å². The van der Waals surface area contributed by atoms with Gasteiger partial charge in [0.25, 0.3) is 0 Å². The second-order valence-corrected chi connectivity index (χ2v) is 8.73. The zero-order valence-electron chi connectivity index (χ0n) is 21.4. The first-order chi connectivity index (χ1) is 17.1. The second kappa shape index (κ2) is 17.4. The Balaban J connectivity index is 1.63. The summed E-state index contributed by atoms with van der Waals surface area (Å²) in [7, 11) is 0. The molecule has 2 aromatic rings. The molecule has 0 saturated heterocycles. The summed E-state index contributed by atoms with van der Waals surface area (Å²) < 4.78 is 10.6. The predicted molar refractivity (Wildman–Crippen MR) is 144 cm³/mol. The van der Waals surface area contributed by atoms with E-state index in [1.165, 1.54) is 57.8 Å². The minimum atomic E-state index is -0.882. The van der Waals surface area contributed by atoms with E-state index >= 15 is 0 Å². The normalized spacial score (nSPS) is 10.9. The van der Waals surface area contributed by atoms with Crippen LogP contribution >= 0.6 is 0 Å². The Morgan fingerprint density at radius 3 is 1.77 bits per heavy atom. The molecule has 5 heteroatoms. The van der Waals surface area contributed by atoms with Crippen molar-refractivity contribution in [1.29, 1.82) is 0 Å². The van der Waals surface area contributed by atoms with Crippen molar-refractivity contribution < 1.29 is 19.1 Å². The molecule has 0 fully saturated rings. The van der Waals surface area contributed by atoms with Gasteiger partial charge in [-0.2, -0.15) is 0 Å². The van der Waals surface area contributed by atoms with Crippen molar-refractivity contribution in [3.05, 3.63) is 59.7 Å². The minimum absolute atomic E-state index is 0.169. The molecule has 1 amide bonds. The molecule has 5 nitrogen and oxygen atoms in total. The average Bonchev–Trinajstić information content (AvgIpc) is 2.87. The van der Waals surface area contributed by atoms with Gasteiger partial charge in [0.2, 0.25) is 0 Å². The molecule has 0 unspecified atom stereocenters. The molecule has 190 valence electrons. The lowest BCUT2D eigenvalue weighted by atomic mass is 10.1. The molecule has 0 atom stereocenters. The number of unbranched alkanes of at least 4 members (excludes halogenated alkanes) is 9. The molecular formula is C30H41NO4. The summed E-state index contributed by atoms with van der Waals surface area (Å²) in [6, 6.07) is 15.3. The maximum Gasteiger partial charge on any atom is 0.397 e. The van der Waals surface area contributed by atoms with Crippen LogP contribution in [0.4, 0.5) is 5.69 Å². The van der Waals surface area contributed by atoms with Crippen molar-refractivity contribution >= 4 is 29.7 Å². The van der Waals surface area contributed by atoms with E-state index in [1.807, 2.05) is 48.6 Å². The van der Waals surface area contributed by atoms with Gasteiger partial charge in [-0.3, -0.25) is 4.79 Å². The molecular weight excluding hydrogens is 438 g/mol. The molecule has 0 spiro atoms. The lowest BCUT2D eigenvalue weighted by molar-refractivity contribution is -0.152. The summed E-state index contributed by atoms with van der Waals surface area (Å²) in [4.78, 5) is 23.1. The number of amides is 1. The molecule has 2 rings (SSSR count). The second-order valence-electron chi connectivity index (χ2n) is 8.73. The van der Waals surface area contributed by atoms with E-state index < -0.39 is 11.9 Å². The molecule has 1 N–H and O–H groups in total. The van der Waals surface area contributed by atoms with Gasteiger partial charge < -0.3 is 14.8 Å². The molecule has 35 heavy (non-hydrogen) atoms. The standard InChI is InChI=1S/C30H41NO4/c1-3-5-6-7-8-9-10-11-12-13-24-35-28-22-18-26(19-23-28)15-14-25-16-20-27(21-17-25)31-29(32)30(33)34-4-2/h14-23H,3-13,24H2,1-2H3,(H,31,32)/b15-14+. The molecule has 0 aliphatic heterocycles. The summed E-state index contributed by atoms with van der Waals surface area (Å²) in [5.41, 5.74) is 2.61. The Morgan fingerprint density at radius 2 is 1.23 bits per heavy atom. The van der Waals surface area contributed by atoms with Crippen LogP contribution in [0.15, 0.2) is 48.5 Å². The van der Waals surface area contributed by atoms with Gasteiger partial charge in [-0.1, -0.05) is 101 Å². The number of anilines is 1. The van der Waals surface area contributed by atoms with Gasteiger partial charge in [0.05, 0.1) is 13.2 Å². The van der Waals surface area contributed by atoms with Crippen LogP contribution in [0.2, 0.25) is 0 Å². The Kier molecular flexibility index (Phi) is 14.0. The lowest BCUT2D eigenvalue weighted by Gasteiger charge is -2.07. The third kappa shape index (κ3) is 12.3. The third-order valence-corrected chi connectivity index (χ3v) is 5.74. The number of carbonyl (C=O) groups excluding carboxylic acids is 2. The number of hydrogen-bond donors (Lipinski definition) is 1. The third-order valence-electron chi connectivity index (χ3n) is 5.74. The van der Waals surface area contributed by atoms with E-state index in [9.17, 15) is 9.59 Å². The Labute approximate surface area is 210 Å². The van der Waals surface area contributed by atoms with E-state index in [-0.39, 0.29) is 6.61 Å². The quantitative estimate of drug-likeness (QED) is 0.116. The van der Waals surface area contributed by atoms with Gasteiger partial charge in [0.15, 0.2) is 0 Å². The summed E-state index contributed by atoms with van der Waals surface area (Å²) in [5, 5.41) is 2.52. The summed E-state index contributed by atoms with van der Waals surface area (Å²) in [6.07, 6.45) is 17.3. The van der Waals surface area contributed by atoms with Crippen molar-refractivity contribution in [3.63, 3.8) is 0 Å². The number of esters is 1. The number of carbonyl (C=O) groups is 2. The largest absolute Gasteiger partial charge is 0.494 e. The Morgan fingerprint density at radius 1 is 0.714 bits per heavy atom. The first-order valence-electron chi connectivity index (χ1n) is 13.1. The van der Waals surface area contributed by atoms with Crippen molar-refractivity contribution in [1.82, 2.24) is 0 Å². The van der Waals surface area contributed by atoms with Crippen molar-refractivity contribution in [3.8, 4) is 5.75 Å². The van der Waals surface area contributed by atoms with Crippen LogP contribution in [0.3, 0.4) is 0 Å². The summed E-state index contributed by atoms with van der Waals surface area (Å²) in [6.45, 7) is 4.86.